The van der Waals surface area contributed by atoms with Crippen LogP contribution in [-0.4, -0.2) is 29.7 Å². The fourth-order valence-electron chi connectivity index (χ4n) is 0.420. The maximum absolute atomic E-state index is 10.8. The highest BCUT2D eigenvalue weighted by atomic mass is 16.3. The van der Waals surface area contributed by atoms with Crippen LogP contribution in [0.25, 0.3) is 0 Å². The van der Waals surface area contributed by atoms with Crippen molar-refractivity contribution in [3.8, 4) is 0 Å². The first-order chi connectivity index (χ1) is 4.57. The molecule has 0 fully saturated rings. The molecule has 0 aromatic carbocycles. The molecule has 0 aliphatic heterocycles. The summed E-state index contributed by atoms with van der Waals surface area (Å²) in [7, 11) is 0. The Bertz CT molecular complexity index is 114. The second kappa shape index (κ2) is 4.24. The molecule has 4 N–H and O–H groups in total. The molecule has 0 saturated heterocycles. The number of amides is 1. The van der Waals surface area contributed by atoms with E-state index in [0.717, 1.165) is 0 Å². The van der Waals surface area contributed by atoms with Gasteiger partial charge in [0.25, 0.3) is 0 Å². The summed E-state index contributed by atoms with van der Waals surface area (Å²) in [5.74, 6) is -0.235. The highest BCUT2D eigenvalue weighted by molar-refractivity contribution is 5.81. The topological polar surface area (TPSA) is 75.3 Å². The molecule has 10 heavy (non-hydrogen) atoms. The summed E-state index contributed by atoms with van der Waals surface area (Å²) in [6.07, 6.45) is 0. The number of aliphatic hydroxyl groups excluding tert-OH is 1. The van der Waals surface area contributed by atoms with Gasteiger partial charge in [-0.1, -0.05) is 0 Å². The Balaban J connectivity index is 3.57. The van der Waals surface area contributed by atoms with Crippen LogP contribution in [0.1, 0.15) is 13.8 Å². The van der Waals surface area contributed by atoms with E-state index in [1.807, 2.05) is 0 Å². The standard InChI is InChI=1S/C6H14N2O2/c1-4(3-9)8-6(10)5(2)7/h4-5,9H,3,7H2,1-2H3,(H,8,10)/t4-,5-/m1/s1. The van der Waals surface area contributed by atoms with Gasteiger partial charge < -0.3 is 16.2 Å². The number of hydrogen-bond acceptors (Lipinski definition) is 3. The lowest BCUT2D eigenvalue weighted by Gasteiger charge is -2.12. The minimum absolute atomic E-state index is 0.0571. The fraction of sp³-hybridized carbons (Fsp3) is 0.833. The summed E-state index contributed by atoms with van der Waals surface area (Å²) in [5, 5.41) is 11.0. The van der Waals surface area contributed by atoms with Crippen LogP contribution in [0.2, 0.25) is 0 Å². The van der Waals surface area contributed by atoms with Gasteiger partial charge in [-0.05, 0) is 13.8 Å². The van der Waals surface area contributed by atoms with Crippen LogP contribution in [0.3, 0.4) is 0 Å². The van der Waals surface area contributed by atoms with Gasteiger partial charge in [-0.3, -0.25) is 4.79 Å². The van der Waals surface area contributed by atoms with Gasteiger partial charge in [0.1, 0.15) is 0 Å². The van der Waals surface area contributed by atoms with Crippen molar-refractivity contribution in [1.29, 1.82) is 0 Å². The first kappa shape index (κ1) is 9.39. The Hall–Kier alpha value is -0.610. The Kier molecular flexibility index (Phi) is 3.99. The van der Waals surface area contributed by atoms with Gasteiger partial charge in [0, 0.05) is 6.04 Å². The zero-order valence-corrected chi connectivity index (χ0v) is 6.29. The van der Waals surface area contributed by atoms with E-state index in [4.69, 9.17) is 10.8 Å². The zero-order valence-electron chi connectivity index (χ0n) is 6.29. The van der Waals surface area contributed by atoms with Crippen molar-refractivity contribution in [2.45, 2.75) is 25.9 Å². The lowest BCUT2D eigenvalue weighted by molar-refractivity contribution is -0.122. The molecule has 0 saturated carbocycles. The third-order valence-electron chi connectivity index (χ3n) is 1.08. The monoisotopic (exact) mass is 146 g/mol. The average molecular weight is 146 g/mol. The molecule has 0 rings (SSSR count). The minimum Gasteiger partial charge on any atom is -0.394 e. The fourth-order valence-corrected chi connectivity index (χ4v) is 0.420. The van der Waals surface area contributed by atoms with Gasteiger partial charge in [0.05, 0.1) is 12.6 Å². The van der Waals surface area contributed by atoms with E-state index < -0.39 is 6.04 Å². The SMILES string of the molecule is C[C@H](CO)NC(=O)[C@@H](C)N. The van der Waals surface area contributed by atoms with E-state index in [1.165, 1.54) is 0 Å². The number of nitrogens with two attached hydrogens (primary N) is 1. The van der Waals surface area contributed by atoms with Crippen molar-refractivity contribution in [2.75, 3.05) is 6.61 Å². The van der Waals surface area contributed by atoms with E-state index in [1.54, 1.807) is 13.8 Å². The Labute approximate surface area is 60.4 Å². The molecule has 0 radical (unpaired) electrons. The molecule has 0 aromatic heterocycles. The largest absolute Gasteiger partial charge is 0.394 e. The molecule has 2 atom stereocenters. The number of nitrogens with one attached hydrogen (secondary N) is 1. The van der Waals surface area contributed by atoms with Crippen molar-refractivity contribution < 1.29 is 9.90 Å². The van der Waals surface area contributed by atoms with Gasteiger partial charge >= 0.3 is 0 Å². The lowest BCUT2D eigenvalue weighted by Crippen LogP contribution is -2.43. The van der Waals surface area contributed by atoms with Crippen molar-refractivity contribution in [2.24, 2.45) is 5.73 Å². The van der Waals surface area contributed by atoms with Crippen LogP contribution >= 0.6 is 0 Å². The molecular formula is C6H14N2O2. The van der Waals surface area contributed by atoms with Gasteiger partial charge in [-0.15, -0.1) is 0 Å². The van der Waals surface area contributed by atoms with Crippen LogP contribution < -0.4 is 11.1 Å². The van der Waals surface area contributed by atoms with Crippen molar-refractivity contribution in [1.82, 2.24) is 5.32 Å². The van der Waals surface area contributed by atoms with Gasteiger partial charge in [-0.25, -0.2) is 0 Å². The van der Waals surface area contributed by atoms with Crippen molar-refractivity contribution in [3.63, 3.8) is 0 Å². The Morgan fingerprint density at radius 2 is 2.20 bits per heavy atom. The van der Waals surface area contributed by atoms with Crippen LogP contribution in [0.4, 0.5) is 0 Å². The van der Waals surface area contributed by atoms with Gasteiger partial charge in [0.15, 0.2) is 0 Å². The number of hydrogen-bond donors (Lipinski definition) is 3. The predicted octanol–water partition coefficient (Wildman–Crippen LogP) is -1.17. The predicted molar refractivity (Wildman–Crippen MR) is 38.3 cm³/mol. The molecular weight excluding hydrogens is 132 g/mol. The van der Waals surface area contributed by atoms with Gasteiger partial charge in [0.2, 0.25) is 5.91 Å². The number of rotatable bonds is 3. The molecule has 0 bridgehead atoms. The van der Waals surface area contributed by atoms with Crippen LogP contribution in [0, 0.1) is 0 Å². The summed E-state index contributed by atoms with van der Waals surface area (Å²) >= 11 is 0. The van der Waals surface area contributed by atoms with Gasteiger partial charge in [-0.2, -0.15) is 0 Å². The van der Waals surface area contributed by atoms with E-state index in [0.29, 0.717) is 0 Å². The summed E-state index contributed by atoms with van der Waals surface area (Å²) < 4.78 is 0. The minimum atomic E-state index is -0.506. The molecule has 0 aliphatic carbocycles. The number of aliphatic hydroxyl groups is 1. The average Bonchev–Trinajstić information content (AvgIpc) is 1.87. The maximum Gasteiger partial charge on any atom is 0.236 e. The van der Waals surface area contributed by atoms with Crippen LogP contribution in [0.5, 0.6) is 0 Å². The maximum atomic E-state index is 10.8. The van der Waals surface area contributed by atoms with E-state index >= 15 is 0 Å². The second-order valence-corrected chi connectivity index (χ2v) is 2.38. The molecule has 0 spiro atoms. The molecule has 0 aliphatic rings. The molecule has 0 aromatic rings. The molecule has 1 amide bonds. The number of carbonyl (C=O) groups excluding carboxylic acids is 1. The third-order valence-corrected chi connectivity index (χ3v) is 1.08. The highest BCUT2D eigenvalue weighted by Crippen LogP contribution is 1.80. The van der Waals surface area contributed by atoms with Crippen LogP contribution in [0.15, 0.2) is 0 Å². The molecule has 4 nitrogen and oxygen atoms in total. The van der Waals surface area contributed by atoms with Crippen molar-refractivity contribution in [3.05, 3.63) is 0 Å². The van der Waals surface area contributed by atoms with E-state index in [-0.39, 0.29) is 18.6 Å². The normalized spacial score (nSPS) is 16.0. The Morgan fingerprint density at radius 3 is 2.50 bits per heavy atom. The van der Waals surface area contributed by atoms with Crippen molar-refractivity contribution >= 4 is 5.91 Å². The molecule has 0 unspecified atom stereocenters. The summed E-state index contributed by atoms with van der Waals surface area (Å²) in [6, 6.07) is -0.715. The summed E-state index contributed by atoms with van der Waals surface area (Å²) in [6.45, 7) is 3.25. The quantitative estimate of drug-likeness (QED) is 0.469. The first-order valence-electron chi connectivity index (χ1n) is 3.24. The van der Waals surface area contributed by atoms with E-state index in [9.17, 15) is 4.79 Å². The zero-order chi connectivity index (χ0) is 8.15. The first-order valence-corrected chi connectivity index (χ1v) is 3.24. The molecule has 0 heterocycles. The summed E-state index contributed by atoms with van der Waals surface area (Å²) in [4.78, 5) is 10.8. The Morgan fingerprint density at radius 1 is 1.70 bits per heavy atom. The third kappa shape index (κ3) is 3.42. The second-order valence-electron chi connectivity index (χ2n) is 2.38. The molecule has 4 heteroatoms. The lowest BCUT2D eigenvalue weighted by atomic mass is 10.3. The van der Waals surface area contributed by atoms with Crippen LogP contribution in [-0.2, 0) is 4.79 Å². The number of carbonyl (C=O) groups is 1. The summed E-state index contributed by atoms with van der Waals surface area (Å²) in [5.41, 5.74) is 5.25. The molecule has 60 valence electrons. The highest BCUT2D eigenvalue weighted by Gasteiger charge is 2.09. The van der Waals surface area contributed by atoms with E-state index in [2.05, 4.69) is 5.32 Å². The smallest absolute Gasteiger partial charge is 0.236 e.